The third-order valence-electron chi connectivity index (χ3n) is 8.54. The molecule has 0 saturated carbocycles. The molecule has 0 radical (unpaired) electrons. The van der Waals surface area contributed by atoms with Crippen LogP contribution in [0.5, 0.6) is 0 Å². The highest BCUT2D eigenvalue weighted by atomic mass is 16.8. The lowest BCUT2D eigenvalue weighted by molar-refractivity contribution is -0.396. The van der Waals surface area contributed by atoms with E-state index in [-0.39, 0.29) is 13.2 Å². The zero-order chi connectivity index (χ0) is 35.5. The van der Waals surface area contributed by atoms with Crippen molar-refractivity contribution in [3.63, 3.8) is 0 Å². The number of azide groups is 1. The summed E-state index contributed by atoms with van der Waals surface area (Å²) in [5.74, 6) is -1.33. The highest BCUT2D eigenvalue weighted by Gasteiger charge is 2.56. The van der Waals surface area contributed by atoms with Gasteiger partial charge in [0, 0.05) is 37.5 Å². The fourth-order valence-corrected chi connectivity index (χ4v) is 6.19. The van der Waals surface area contributed by atoms with E-state index in [2.05, 4.69) is 10.0 Å². The number of carbonyl (C=O) groups is 2. The lowest BCUT2D eigenvalue weighted by Gasteiger charge is -2.51. The van der Waals surface area contributed by atoms with Gasteiger partial charge in [0.2, 0.25) is 0 Å². The van der Waals surface area contributed by atoms with Gasteiger partial charge < -0.3 is 47.7 Å². The maximum absolute atomic E-state index is 12.3. The van der Waals surface area contributed by atoms with Crippen LogP contribution in [-0.4, -0.2) is 98.2 Å². The number of ether oxygens (including phenoxy) is 9. The van der Waals surface area contributed by atoms with Crippen molar-refractivity contribution in [1.82, 2.24) is 0 Å². The average molecular weight is 700 g/mol. The van der Waals surface area contributed by atoms with Crippen LogP contribution >= 0.6 is 0 Å². The summed E-state index contributed by atoms with van der Waals surface area (Å²) in [5.41, 5.74) is 10.2. The molecule has 1 N–H and O–H groups in total. The van der Waals surface area contributed by atoms with Crippen LogP contribution < -0.4 is 0 Å². The molecule has 3 aliphatic heterocycles. The Kier molecular flexibility index (Phi) is 14.0. The molecule has 11 atom stereocenters. The van der Waals surface area contributed by atoms with Gasteiger partial charge in [-0.05, 0) is 30.9 Å². The van der Waals surface area contributed by atoms with Gasteiger partial charge in [0.15, 0.2) is 31.1 Å². The predicted molar refractivity (Wildman–Crippen MR) is 174 cm³/mol. The maximum atomic E-state index is 12.3. The first-order chi connectivity index (χ1) is 24.2. The van der Waals surface area contributed by atoms with E-state index in [0.29, 0.717) is 26.0 Å². The van der Waals surface area contributed by atoms with Crippen LogP contribution in [0.3, 0.4) is 0 Å². The zero-order valence-electron chi connectivity index (χ0n) is 28.4. The Morgan fingerprint density at radius 1 is 0.860 bits per heavy atom. The molecule has 0 spiro atoms. The lowest BCUT2D eigenvalue weighted by Crippen LogP contribution is -2.67. The van der Waals surface area contributed by atoms with Crippen molar-refractivity contribution >= 4 is 11.9 Å². The number of fused-ring (bicyclic) bond motifs is 1. The summed E-state index contributed by atoms with van der Waals surface area (Å²) >= 11 is 0. The minimum Gasteiger partial charge on any atom is -0.457 e. The number of rotatable bonds is 15. The molecule has 0 bridgehead atoms. The number of hydrogen-bond donors (Lipinski definition) is 1. The van der Waals surface area contributed by atoms with Gasteiger partial charge in [0.1, 0.15) is 30.5 Å². The van der Waals surface area contributed by atoms with Gasteiger partial charge in [0.25, 0.3) is 0 Å². The van der Waals surface area contributed by atoms with Crippen LogP contribution in [0.25, 0.3) is 10.4 Å². The first kappa shape index (κ1) is 37.6. The smallest absolute Gasteiger partial charge is 0.303 e. The van der Waals surface area contributed by atoms with Gasteiger partial charge >= 0.3 is 11.9 Å². The van der Waals surface area contributed by atoms with Crippen LogP contribution in [0, 0.1) is 0 Å². The molecule has 50 heavy (non-hydrogen) atoms. The van der Waals surface area contributed by atoms with E-state index < -0.39 is 79.6 Å². The van der Waals surface area contributed by atoms with Crippen molar-refractivity contribution in [3.05, 3.63) is 82.2 Å². The second kappa shape index (κ2) is 18.6. The summed E-state index contributed by atoms with van der Waals surface area (Å²) in [6.45, 7) is 5.03. The topological polar surface area (TPSA) is 186 Å². The maximum Gasteiger partial charge on any atom is 0.303 e. The normalized spacial score (nSPS) is 32.3. The third kappa shape index (κ3) is 10.00. The first-order valence-corrected chi connectivity index (χ1v) is 16.8. The molecule has 3 saturated heterocycles. The number of carbonyl (C=O) groups excluding carboxylic acids is 2. The Labute approximate surface area is 290 Å². The van der Waals surface area contributed by atoms with E-state index in [9.17, 15) is 14.7 Å². The van der Waals surface area contributed by atoms with Gasteiger partial charge in [0.05, 0.1) is 19.3 Å². The molecule has 0 aliphatic carbocycles. The van der Waals surface area contributed by atoms with Crippen LogP contribution in [0.15, 0.2) is 65.8 Å². The Morgan fingerprint density at radius 2 is 1.56 bits per heavy atom. The standard InChI is InChI=1S/C35H45N3O12/c1-21-28(46-22(2)39)27(41)30(47-23(3)40)35(45-21)50-31-29-26(20-44-33(49-29)25-15-9-5-10-16-25)48-34(42-18-12-6-11-17-37-38-36)32(31)43-19-24-13-7-4-8-14-24/h4-5,7-10,13-16,21,26-35,41H,6,11-12,17-20H2,1-3H3/t21-,26+,27+,28+,29+,30+,31-,32+,33+,34+,35-/m0/s1. The van der Waals surface area contributed by atoms with Crippen LogP contribution in [-0.2, 0) is 58.8 Å². The number of aliphatic hydroxyl groups is 1. The first-order valence-electron chi connectivity index (χ1n) is 16.8. The predicted octanol–water partition coefficient (Wildman–Crippen LogP) is 4.26. The van der Waals surface area contributed by atoms with E-state index in [4.69, 9.17) is 48.2 Å². The molecule has 3 heterocycles. The van der Waals surface area contributed by atoms with Crippen molar-refractivity contribution in [2.45, 2.75) is 114 Å². The minimum atomic E-state index is -1.47. The number of esters is 2. The second-order valence-electron chi connectivity index (χ2n) is 12.3. The summed E-state index contributed by atoms with van der Waals surface area (Å²) in [7, 11) is 0. The minimum absolute atomic E-state index is 0.133. The number of unbranched alkanes of at least 4 members (excludes halogenated alkanes) is 2. The van der Waals surface area contributed by atoms with Crippen molar-refractivity contribution in [3.8, 4) is 0 Å². The van der Waals surface area contributed by atoms with Crippen molar-refractivity contribution in [2.75, 3.05) is 19.8 Å². The number of nitrogens with zero attached hydrogens (tertiary/aromatic N) is 3. The summed E-state index contributed by atoms with van der Waals surface area (Å²) in [5, 5.41) is 14.9. The average Bonchev–Trinajstić information content (AvgIpc) is 3.11. The molecule has 2 aromatic carbocycles. The Balaban J connectivity index is 1.45. The second-order valence-corrected chi connectivity index (χ2v) is 12.3. The third-order valence-corrected chi connectivity index (χ3v) is 8.54. The fraction of sp³-hybridized carbons (Fsp3) is 0.600. The Bertz CT molecular complexity index is 1410. The fourth-order valence-electron chi connectivity index (χ4n) is 6.19. The molecular formula is C35H45N3O12. The quantitative estimate of drug-likeness (QED) is 0.0917. The molecule has 5 rings (SSSR count). The number of benzene rings is 2. The molecule has 3 aliphatic rings. The summed E-state index contributed by atoms with van der Waals surface area (Å²) < 4.78 is 55.6. The Morgan fingerprint density at radius 3 is 2.26 bits per heavy atom. The zero-order valence-corrected chi connectivity index (χ0v) is 28.4. The SMILES string of the molecule is CC(=O)O[C@H]1[C@H](O[C@@H]2[C@@H](OCc3ccccc3)[C@H](OCCCCCN=[N+]=[N-])O[C@@H]3CO[C@@H](c4ccccc4)O[C@@H]23)O[C@@H](C)[C@@H](OC(C)=O)[C@H]1O. The molecule has 15 nitrogen and oxygen atoms in total. The van der Waals surface area contributed by atoms with E-state index >= 15 is 0 Å². The molecule has 0 amide bonds. The van der Waals surface area contributed by atoms with Gasteiger partial charge in [-0.2, -0.15) is 0 Å². The van der Waals surface area contributed by atoms with E-state index in [1.54, 1.807) is 6.92 Å². The summed E-state index contributed by atoms with van der Waals surface area (Å²) in [4.78, 5) is 26.9. The highest BCUT2D eigenvalue weighted by Crippen LogP contribution is 2.39. The molecule has 272 valence electrons. The van der Waals surface area contributed by atoms with E-state index in [1.807, 2.05) is 60.7 Å². The van der Waals surface area contributed by atoms with E-state index in [1.165, 1.54) is 13.8 Å². The molecule has 0 aromatic heterocycles. The molecular weight excluding hydrogens is 654 g/mol. The molecule has 15 heteroatoms. The molecule has 3 fully saturated rings. The monoisotopic (exact) mass is 699 g/mol. The van der Waals surface area contributed by atoms with Gasteiger partial charge in [-0.1, -0.05) is 72.2 Å². The van der Waals surface area contributed by atoms with Gasteiger partial charge in [-0.3, -0.25) is 9.59 Å². The van der Waals surface area contributed by atoms with Crippen LogP contribution in [0.4, 0.5) is 0 Å². The van der Waals surface area contributed by atoms with E-state index in [0.717, 1.165) is 17.5 Å². The largest absolute Gasteiger partial charge is 0.457 e. The van der Waals surface area contributed by atoms with Gasteiger partial charge in [-0.15, -0.1) is 0 Å². The summed E-state index contributed by atoms with van der Waals surface area (Å²) in [6, 6.07) is 19.0. The Hall–Kier alpha value is -3.63. The highest BCUT2D eigenvalue weighted by molar-refractivity contribution is 5.67. The van der Waals surface area contributed by atoms with Crippen molar-refractivity contribution in [1.29, 1.82) is 0 Å². The summed E-state index contributed by atoms with van der Waals surface area (Å²) in [6.07, 6.45) is -9.04. The van der Waals surface area contributed by atoms with Gasteiger partial charge in [-0.25, -0.2) is 0 Å². The number of hydrogen-bond acceptors (Lipinski definition) is 13. The van der Waals surface area contributed by atoms with Crippen molar-refractivity contribution < 1.29 is 57.3 Å². The lowest BCUT2D eigenvalue weighted by atomic mass is 9.95. The molecule has 2 aromatic rings. The van der Waals surface area contributed by atoms with Crippen LogP contribution in [0.1, 0.15) is 57.5 Å². The van der Waals surface area contributed by atoms with Crippen LogP contribution in [0.2, 0.25) is 0 Å². The number of aliphatic hydroxyl groups excluding tert-OH is 1. The van der Waals surface area contributed by atoms with Crippen molar-refractivity contribution in [2.24, 2.45) is 5.11 Å². The molecule has 0 unspecified atom stereocenters.